The van der Waals surface area contributed by atoms with E-state index in [0.717, 1.165) is 5.69 Å². The van der Waals surface area contributed by atoms with Crippen LogP contribution in [-0.4, -0.2) is 43.0 Å². The van der Waals surface area contributed by atoms with Gasteiger partial charge in [0.15, 0.2) is 6.29 Å². The van der Waals surface area contributed by atoms with Gasteiger partial charge in [-0.25, -0.2) is 5.43 Å². The summed E-state index contributed by atoms with van der Waals surface area (Å²) in [5.41, 5.74) is 3.42. The molecule has 0 aliphatic carbocycles. The number of nitrogens with two attached hydrogens (primary N) is 1. The second-order valence-corrected chi connectivity index (χ2v) is 4.42. The first-order valence-electron chi connectivity index (χ1n) is 6.58. The number of ether oxygens (including phenoxy) is 3. The van der Waals surface area contributed by atoms with E-state index in [9.17, 15) is 0 Å². The van der Waals surface area contributed by atoms with E-state index in [4.69, 9.17) is 31.7 Å². The summed E-state index contributed by atoms with van der Waals surface area (Å²) < 4.78 is 18.0. The van der Waals surface area contributed by atoms with Crippen LogP contribution in [0, 0.1) is 0 Å². The number of nitrogens with one attached hydrogen (secondary N) is 1. The fourth-order valence-corrected chi connectivity index (χ4v) is 2.15. The average molecular weight is 307 g/mol. The molecular formula is C12H23ClN4O3. The summed E-state index contributed by atoms with van der Waals surface area (Å²) in [6, 6.07) is -0.415. The standard InChI is InChI=1S/C12H23ClN4O3/c1-4-19-12(20-5-2)10(16-14)11-9(13)8-15-17(11)6-7-18-3/h8,10,12,16H,4-7,14H2,1-3H3. The largest absolute Gasteiger partial charge is 0.383 e. The molecule has 0 bridgehead atoms. The number of hydrogen-bond donors (Lipinski definition) is 2. The smallest absolute Gasteiger partial charge is 0.179 e. The quantitative estimate of drug-likeness (QED) is 0.382. The highest BCUT2D eigenvalue weighted by atomic mass is 35.5. The first-order chi connectivity index (χ1) is 9.69. The Morgan fingerprint density at radius 1 is 1.40 bits per heavy atom. The van der Waals surface area contributed by atoms with Gasteiger partial charge in [0, 0.05) is 20.3 Å². The Hall–Kier alpha value is -0.700. The van der Waals surface area contributed by atoms with Gasteiger partial charge in [0.25, 0.3) is 0 Å². The van der Waals surface area contributed by atoms with Crippen LogP contribution in [-0.2, 0) is 20.8 Å². The van der Waals surface area contributed by atoms with Crippen molar-refractivity contribution in [1.82, 2.24) is 15.2 Å². The van der Waals surface area contributed by atoms with Crippen molar-refractivity contribution in [3.63, 3.8) is 0 Å². The molecule has 1 heterocycles. The topological polar surface area (TPSA) is 83.6 Å². The van der Waals surface area contributed by atoms with Crippen LogP contribution in [0.3, 0.4) is 0 Å². The van der Waals surface area contributed by atoms with E-state index in [1.165, 1.54) is 0 Å². The molecule has 1 aromatic heterocycles. The third-order valence-electron chi connectivity index (χ3n) is 2.75. The summed E-state index contributed by atoms with van der Waals surface area (Å²) in [6.07, 6.45) is 1.04. The number of hydrogen-bond acceptors (Lipinski definition) is 6. The second kappa shape index (κ2) is 9.28. The molecule has 0 aromatic carbocycles. The first-order valence-corrected chi connectivity index (χ1v) is 6.96. The molecule has 1 rings (SSSR count). The fraction of sp³-hybridized carbons (Fsp3) is 0.750. The molecular weight excluding hydrogens is 284 g/mol. The average Bonchev–Trinajstić information content (AvgIpc) is 2.80. The number of aromatic nitrogens is 2. The normalized spacial score (nSPS) is 13.1. The molecule has 20 heavy (non-hydrogen) atoms. The molecule has 8 heteroatoms. The molecule has 3 N–H and O–H groups in total. The zero-order valence-electron chi connectivity index (χ0n) is 12.1. The molecule has 0 aliphatic rings. The Bertz CT molecular complexity index is 383. The molecule has 116 valence electrons. The van der Waals surface area contributed by atoms with Crippen LogP contribution in [0.5, 0.6) is 0 Å². The minimum Gasteiger partial charge on any atom is -0.383 e. The van der Waals surface area contributed by atoms with Crippen molar-refractivity contribution in [3.05, 3.63) is 16.9 Å². The van der Waals surface area contributed by atoms with Gasteiger partial charge in [0.1, 0.15) is 6.04 Å². The van der Waals surface area contributed by atoms with E-state index in [2.05, 4.69) is 10.5 Å². The molecule has 1 aromatic rings. The SMILES string of the molecule is CCOC(OCC)C(NN)c1c(Cl)cnn1CCOC. The van der Waals surface area contributed by atoms with Crippen LogP contribution in [0.25, 0.3) is 0 Å². The summed E-state index contributed by atoms with van der Waals surface area (Å²) in [5.74, 6) is 5.65. The minimum absolute atomic E-state index is 0.415. The Morgan fingerprint density at radius 3 is 2.55 bits per heavy atom. The Kier molecular flexibility index (Phi) is 8.05. The lowest BCUT2D eigenvalue weighted by molar-refractivity contribution is -0.156. The van der Waals surface area contributed by atoms with Gasteiger partial charge in [-0.2, -0.15) is 5.10 Å². The lowest BCUT2D eigenvalue weighted by Gasteiger charge is -2.27. The van der Waals surface area contributed by atoms with E-state index >= 15 is 0 Å². The molecule has 0 spiro atoms. The molecule has 0 saturated carbocycles. The predicted octanol–water partition coefficient (Wildman–Crippen LogP) is 1.09. The van der Waals surface area contributed by atoms with Gasteiger partial charge in [-0.3, -0.25) is 10.5 Å². The fourth-order valence-electron chi connectivity index (χ4n) is 1.89. The molecule has 0 radical (unpaired) electrons. The zero-order chi connectivity index (χ0) is 15.0. The van der Waals surface area contributed by atoms with Gasteiger partial charge >= 0.3 is 0 Å². The molecule has 1 unspecified atom stereocenters. The highest BCUT2D eigenvalue weighted by Crippen LogP contribution is 2.26. The molecule has 0 saturated heterocycles. The van der Waals surface area contributed by atoms with Crippen molar-refractivity contribution in [1.29, 1.82) is 0 Å². The highest BCUT2D eigenvalue weighted by molar-refractivity contribution is 6.31. The molecule has 0 amide bonds. The number of nitrogens with zero attached hydrogens (tertiary/aromatic N) is 2. The van der Waals surface area contributed by atoms with Crippen molar-refractivity contribution in [2.75, 3.05) is 26.9 Å². The molecule has 0 aliphatic heterocycles. The number of hydrazine groups is 1. The summed E-state index contributed by atoms with van der Waals surface area (Å²) in [5, 5.41) is 4.73. The van der Waals surface area contributed by atoms with Crippen molar-refractivity contribution in [3.8, 4) is 0 Å². The van der Waals surface area contributed by atoms with E-state index < -0.39 is 12.3 Å². The van der Waals surface area contributed by atoms with E-state index in [-0.39, 0.29) is 0 Å². The van der Waals surface area contributed by atoms with Crippen LogP contribution in [0.15, 0.2) is 6.20 Å². The lowest BCUT2D eigenvalue weighted by atomic mass is 10.2. The number of rotatable bonds is 10. The first kappa shape index (κ1) is 17.4. The molecule has 1 atom stereocenters. The van der Waals surface area contributed by atoms with Crippen LogP contribution < -0.4 is 11.3 Å². The van der Waals surface area contributed by atoms with Crippen LogP contribution in [0.4, 0.5) is 0 Å². The van der Waals surface area contributed by atoms with Gasteiger partial charge in [0.05, 0.1) is 30.1 Å². The number of methoxy groups -OCH3 is 1. The van der Waals surface area contributed by atoms with Gasteiger partial charge in [0.2, 0.25) is 0 Å². The van der Waals surface area contributed by atoms with Gasteiger partial charge in [-0.15, -0.1) is 0 Å². The summed E-state index contributed by atoms with van der Waals surface area (Å²) in [4.78, 5) is 0. The predicted molar refractivity (Wildman–Crippen MR) is 76.2 cm³/mol. The van der Waals surface area contributed by atoms with Gasteiger partial charge < -0.3 is 14.2 Å². The van der Waals surface area contributed by atoms with Crippen molar-refractivity contribution in [2.45, 2.75) is 32.7 Å². The molecule has 7 nitrogen and oxygen atoms in total. The van der Waals surface area contributed by atoms with Gasteiger partial charge in [-0.1, -0.05) is 11.6 Å². The lowest BCUT2D eigenvalue weighted by Crippen LogP contribution is -2.41. The second-order valence-electron chi connectivity index (χ2n) is 4.02. The zero-order valence-corrected chi connectivity index (χ0v) is 12.9. The highest BCUT2D eigenvalue weighted by Gasteiger charge is 2.28. The maximum absolute atomic E-state index is 6.21. The van der Waals surface area contributed by atoms with Gasteiger partial charge in [-0.05, 0) is 13.8 Å². The van der Waals surface area contributed by atoms with E-state index in [1.807, 2.05) is 13.8 Å². The Balaban J connectivity index is 2.99. The summed E-state index contributed by atoms with van der Waals surface area (Å²) in [7, 11) is 1.63. The van der Waals surface area contributed by atoms with Crippen LogP contribution >= 0.6 is 11.6 Å². The van der Waals surface area contributed by atoms with Crippen molar-refractivity contribution in [2.24, 2.45) is 5.84 Å². The Labute approximate surface area is 124 Å². The Morgan fingerprint density at radius 2 is 2.05 bits per heavy atom. The monoisotopic (exact) mass is 306 g/mol. The molecule has 0 fully saturated rings. The number of halogens is 1. The van der Waals surface area contributed by atoms with E-state index in [1.54, 1.807) is 18.0 Å². The maximum atomic E-state index is 6.21. The van der Waals surface area contributed by atoms with E-state index in [0.29, 0.717) is 31.4 Å². The summed E-state index contributed by atoms with van der Waals surface area (Å²) in [6.45, 7) is 5.89. The third kappa shape index (κ3) is 4.41. The third-order valence-corrected chi connectivity index (χ3v) is 3.04. The van der Waals surface area contributed by atoms with Crippen molar-refractivity contribution < 1.29 is 14.2 Å². The van der Waals surface area contributed by atoms with Crippen LogP contribution in [0.1, 0.15) is 25.6 Å². The van der Waals surface area contributed by atoms with Crippen molar-refractivity contribution >= 4 is 11.6 Å². The summed E-state index contributed by atoms with van der Waals surface area (Å²) >= 11 is 6.21. The van der Waals surface area contributed by atoms with Crippen LogP contribution in [0.2, 0.25) is 5.02 Å². The minimum atomic E-state index is -0.537. The maximum Gasteiger partial charge on any atom is 0.179 e.